The standard InChI is InChI=1S/C21H24N2O4/c1-14-3-6-17(7-4-14)18(23-15(2)24)12-21(25)22-10-9-16-5-8-19-20(11-16)27-13-26-19/h3-8,11,18H,9-10,12-13H2,1-2H3,(H,22,25)(H,23,24). The first-order valence-corrected chi connectivity index (χ1v) is 9.00. The van der Waals surface area contributed by atoms with Crippen molar-refractivity contribution in [3.8, 4) is 11.5 Å². The minimum Gasteiger partial charge on any atom is -0.454 e. The van der Waals surface area contributed by atoms with Crippen LogP contribution < -0.4 is 20.1 Å². The quantitative estimate of drug-likeness (QED) is 0.788. The Kier molecular flexibility index (Phi) is 5.96. The van der Waals surface area contributed by atoms with Crippen LogP contribution in [0.1, 0.15) is 36.1 Å². The summed E-state index contributed by atoms with van der Waals surface area (Å²) in [6.07, 6.45) is 0.890. The van der Waals surface area contributed by atoms with E-state index in [1.165, 1.54) is 6.92 Å². The molecule has 1 aliphatic rings. The zero-order valence-electron chi connectivity index (χ0n) is 15.6. The Hall–Kier alpha value is -3.02. The van der Waals surface area contributed by atoms with Crippen LogP contribution in [-0.4, -0.2) is 25.2 Å². The lowest BCUT2D eigenvalue weighted by molar-refractivity contribution is -0.122. The molecule has 0 saturated carbocycles. The lowest BCUT2D eigenvalue weighted by Crippen LogP contribution is -2.33. The van der Waals surface area contributed by atoms with E-state index in [1.807, 2.05) is 49.4 Å². The number of carbonyl (C=O) groups is 2. The molecule has 0 fully saturated rings. The number of nitrogens with one attached hydrogen (secondary N) is 2. The van der Waals surface area contributed by atoms with E-state index >= 15 is 0 Å². The molecule has 6 heteroatoms. The van der Waals surface area contributed by atoms with Gasteiger partial charge in [-0.15, -0.1) is 0 Å². The molecule has 0 spiro atoms. The second-order valence-electron chi connectivity index (χ2n) is 6.66. The predicted molar refractivity (Wildman–Crippen MR) is 102 cm³/mol. The van der Waals surface area contributed by atoms with Gasteiger partial charge in [0.2, 0.25) is 18.6 Å². The smallest absolute Gasteiger partial charge is 0.231 e. The van der Waals surface area contributed by atoms with Crippen molar-refractivity contribution in [2.45, 2.75) is 32.7 Å². The van der Waals surface area contributed by atoms with Crippen molar-refractivity contribution in [2.24, 2.45) is 0 Å². The number of aryl methyl sites for hydroxylation is 1. The number of amides is 2. The van der Waals surface area contributed by atoms with Gasteiger partial charge in [0, 0.05) is 13.5 Å². The molecule has 2 N–H and O–H groups in total. The topological polar surface area (TPSA) is 76.7 Å². The van der Waals surface area contributed by atoms with Gasteiger partial charge in [0.05, 0.1) is 12.5 Å². The van der Waals surface area contributed by atoms with Gasteiger partial charge < -0.3 is 20.1 Å². The van der Waals surface area contributed by atoms with Crippen LogP contribution in [0.2, 0.25) is 0 Å². The van der Waals surface area contributed by atoms with E-state index in [1.54, 1.807) is 0 Å². The van der Waals surface area contributed by atoms with Crippen molar-refractivity contribution in [2.75, 3.05) is 13.3 Å². The predicted octanol–water partition coefficient (Wildman–Crippen LogP) is 2.65. The Morgan fingerprint density at radius 3 is 2.56 bits per heavy atom. The van der Waals surface area contributed by atoms with Crippen LogP contribution in [0.4, 0.5) is 0 Å². The first kappa shape index (κ1) is 18.8. The third-order valence-electron chi connectivity index (χ3n) is 4.42. The highest BCUT2D eigenvalue weighted by Crippen LogP contribution is 2.32. The zero-order chi connectivity index (χ0) is 19.2. The molecule has 0 aromatic heterocycles. The number of rotatable bonds is 7. The van der Waals surface area contributed by atoms with E-state index in [9.17, 15) is 9.59 Å². The van der Waals surface area contributed by atoms with Crippen molar-refractivity contribution >= 4 is 11.8 Å². The number of carbonyl (C=O) groups excluding carboxylic acids is 2. The summed E-state index contributed by atoms with van der Waals surface area (Å²) in [5.74, 6) is 1.23. The second-order valence-corrected chi connectivity index (χ2v) is 6.66. The van der Waals surface area contributed by atoms with Gasteiger partial charge in [-0.05, 0) is 36.6 Å². The highest BCUT2D eigenvalue weighted by atomic mass is 16.7. The summed E-state index contributed by atoms with van der Waals surface area (Å²) in [6.45, 7) is 4.22. The van der Waals surface area contributed by atoms with E-state index in [4.69, 9.17) is 9.47 Å². The molecule has 1 unspecified atom stereocenters. The largest absolute Gasteiger partial charge is 0.454 e. The number of benzene rings is 2. The van der Waals surface area contributed by atoms with Gasteiger partial charge in [0.15, 0.2) is 11.5 Å². The summed E-state index contributed by atoms with van der Waals surface area (Å²) in [5.41, 5.74) is 3.12. The van der Waals surface area contributed by atoms with Gasteiger partial charge in [-0.2, -0.15) is 0 Å². The van der Waals surface area contributed by atoms with Crippen molar-refractivity contribution in [1.29, 1.82) is 0 Å². The van der Waals surface area contributed by atoms with Crippen molar-refractivity contribution in [1.82, 2.24) is 10.6 Å². The average molecular weight is 368 g/mol. The first-order chi connectivity index (χ1) is 13.0. The van der Waals surface area contributed by atoms with Crippen molar-refractivity contribution in [3.63, 3.8) is 0 Å². The van der Waals surface area contributed by atoms with Crippen LogP contribution in [0.25, 0.3) is 0 Å². The minimum absolute atomic E-state index is 0.102. The van der Waals surface area contributed by atoms with Gasteiger partial charge >= 0.3 is 0 Å². The summed E-state index contributed by atoms with van der Waals surface area (Å²) in [6, 6.07) is 13.3. The van der Waals surface area contributed by atoms with Gasteiger partial charge in [-0.1, -0.05) is 35.9 Å². The van der Waals surface area contributed by atoms with E-state index < -0.39 is 0 Å². The third-order valence-corrected chi connectivity index (χ3v) is 4.42. The molecule has 0 bridgehead atoms. The average Bonchev–Trinajstić information content (AvgIpc) is 3.09. The maximum Gasteiger partial charge on any atom is 0.231 e. The molecule has 2 aromatic rings. The van der Waals surface area contributed by atoms with Crippen LogP contribution in [0.15, 0.2) is 42.5 Å². The Bertz CT molecular complexity index is 817. The lowest BCUT2D eigenvalue weighted by Gasteiger charge is -2.18. The Morgan fingerprint density at radius 1 is 1.07 bits per heavy atom. The third kappa shape index (κ3) is 5.23. The highest BCUT2D eigenvalue weighted by molar-refractivity contribution is 5.79. The fourth-order valence-corrected chi connectivity index (χ4v) is 3.00. The molecule has 0 aliphatic carbocycles. The van der Waals surface area contributed by atoms with Crippen molar-refractivity contribution in [3.05, 3.63) is 59.2 Å². The fourth-order valence-electron chi connectivity index (χ4n) is 3.00. The first-order valence-electron chi connectivity index (χ1n) is 9.00. The Labute approximate surface area is 158 Å². The van der Waals surface area contributed by atoms with Crippen LogP contribution in [0.3, 0.4) is 0 Å². The molecule has 0 radical (unpaired) electrons. The molecule has 0 saturated heterocycles. The molecule has 1 heterocycles. The second kappa shape index (κ2) is 8.58. The number of ether oxygens (including phenoxy) is 2. The number of hydrogen-bond donors (Lipinski definition) is 2. The summed E-state index contributed by atoms with van der Waals surface area (Å²) in [4.78, 5) is 23.8. The molecular weight excluding hydrogens is 344 g/mol. The Morgan fingerprint density at radius 2 is 1.81 bits per heavy atom. The lowest BCUT2D eigenvalue weighted by atomic mass is 10.0. The monoisotopic (exact) mass is 368 g/mol. The summed E-state index contributed by atoms with van der Waals surface area (Å²) in [7, 11) is 0. The van der Waals surface area contributed by atoms with Crippen molar-refractivity contribution < 1.29 is 19.1 Å². The van der Waals surface area contributed by atoms with Crippen LogP contribution in [0, 0.1) is 6.92 Å². The fraction of sp³-hybridized carbons (Fsp3) is 0.333. The molecule has 6 nitrogen and oxygen atoms in total. The maximum absolute atomic E-state index is 12.3. The van der Waals surface area contributed by atoms with E-state index in [0.29, 0.717) is 13.0 Å². The summed E-state index contributed by atoms with van der Waals surface area (Å²) in [5, 5.41) is 5.77. The number of hydrogen-bond acceptors (Lipinski definition) is 4. The van der Waals surface area contributed by atoms with Gasteiger partial charge in [0.1, 0.15) is 0 Å². The molecule has 2 aromatic carbocycles. The van der Waals surface area contributed by atoms with Gasteiger partial charge in [-0.25, -0.2) is 0 Å². The minimum atomic E-state index is -0.339. The SMILES string of the molecule is CC(=O)NC(CC(=O)NCCc1ccc2c(c1)OCO2)c1ccc(C)cc1. The normalized spacial score (nSPS) is 13.1. The van der Waals surface area contributed by atoms with Crippen LogP contribution in [-0.2, 0) is 16.0 Å². The molecular formula is C21H24N2O4. The zero-order valence-corrected chi connectivity index (χ0v) is 15.6. The highest BCUT2D eigenvalue weighted by Gasteiger charge is 2.17. The van der Waals surface area contributed by atoms with E-state index in [2.05, 4.69) is 10.6 Å². The molecule has 1 atom stereocenters. The summed E-state index contributed by atoms with van der Waals surface area (Å²) < 4.78 is 10.7. The van der Waals surface area contributed by atoms with Crippen LogP contribution >= 0.6 is 0 Å². The summed E-state index contributed by atoms with van der Waals surface area (Å²) >= 11 is 0. The Balaban J connectivity index is 1.53. The molecule has 142 valence electrons. The molecule has 27 heavy (non-hydrogen) atoms. The van der Waals surface area contributed by atoms with E-state index in [-0.39, 0.29) is 31.1 Å². The van der Waals surface area contributed by atoms with E-state index in [0.717, 1.165) is 28.2 Å². The molecule has 1 aliphatic heterocycles. The molecule has 2 amide bonds. The number of fused-ring (bicyclic) bond motifs is 1. The molecule has 3 rings (SSSR count). The van der Waals surface area contributed by atoms with Gasteiger partial charge in [-0.3, -0.25) is 9.59 Å². The maximum atomic E-state index is 12.3. The van der Waals surface area contributed by atoms with Gasteiger partial charge in [0.25, 0.3) is 0 Å². The van der Waals surface area contributed by atoms with Crippen LogP contribution in [0.5, 0.6) is 11.5 Å².